The highest BCUT2D eigenvalue weighted by molar-refractivity contribution is 6.11. The number of rotatable bonds is 3. The molecular weight excluding hydrogens is 356 g/mol. The lowest BCUT2D eigenvalue weighted by Crippen LogP contribution is -2.35. The predicted octanol–water partition coefficient (Wildman–Crippen LogP) is 2.80. The first-order valence-electron chi connectivity index (χ1n) is 9.31. The van der Waals surface area contributed by atoms with Crippen molar-refractivity contribution < 1.29 is 9.59 Å². The molecular formula is C21H20N4O3. The van der Waals surface area contributed by atoms with E-state index >= 15 is 0 Å². The first kappa shape index (κ1) is 17.9. The van der Waals surface area contributed by atoms with Crippen molar-refractivity contribution in [3.63, 3.8) is 0 Å². The van der Waals surface area contributed by atoms with E-state index in [1.54, 1.807) is 48.5 Å². The molecule has 0 unspecified atom stereocenters. The van der Waals surface area contributed by atoms with Crippen molar-refractivity contribution in [2.75, 3.05) is 18.4 Å². The van der Waals surface area contributed by atoms with E-state index in [-0.39, 0.29) is 17.2 Å². The molecule has 2 amide bonds. The van der Waals surface area contributed by atoms with Crippen molar-refractivity contribution in [3.8, 4) is 0 Å². The van der Waals surface area contributed by atoms with Gasteiger partial charge in [-0.1, -0.05) is 24.3 Å². The molecule has 2 N–H and O–H groups in total. The first-order valence-corrected chi connectivity index (χ1v) is 9.31. The van der Waals surface area contributed by atoms with Crippen LogP contribution in [-0.4, -0.2) is 40.0 Å². The van der Waals surface area contributed by atoms with Gasteiger partial charge in [-0.05, 0) is 43.5 Å². The van der Waals surface area contributed by atoms with Gasteiger partial charge in [-0.3, -0.25) is 14.4 Å². The lowest BCUT2D eigenvalue weighted by atomic mass is 10.1. The Kier molecular flexibility index (Phi) is 4.89. The number of aromatic nitrogens is 2. The van der Waals surface area contributed by atoms with E-state index in [4.69, 9.17) is 0 Å². The molecule has 0 aliphatic carbocycles. The molecule has 1 aromatic heterocycles. The topological polar surface area (TPSA) is 95.2 Å². The Bertz CT molecular complexity index is 1100. The minimum atomic E-state index is -0.449. The van der Waals surface area contributed by atoms with Gasteiger partial charge in [-0.15, -0.1) is 0 Å². The van der Waals surface area contributed by atoms with Crippen LogP contribution in [0.25, 0.3) is 10.8 Å². The van der Waals surface area contributed by atoms with Crippen molar-refractivity contribution >= 4 is 28.3 Å². The summed E-state index contributed by atoms with van der Waals surface area (Å²) in [6.07, 6.45) is 3.19. The Balaban J connectivity index is 1.58. The van der Waals surface area contributed by atoms with Crippen LogP contribution in [0.2, 0.25) is 0 Å². The van der Waals surface area contributed by atoms with E-state index in [2.05, 4.69) is 15.5 Å². The van der Waals surface area contributed by atoms with E-state index in [0.29, 0.717) is 22.0 Å². The summed E-state index contributed by atoms with van der Waals surface area (Å²) in [5.74, 6) is -0.474. The lowest BCUT2D eigenvalue weighted by Gasteiger charge is -2.26. The zero-order valence-corrected chi connectivity index (χ0v) is 15.3. The molecule has 1 fully saturated rings. The third-order valence-electron chi connectivity index (χ3n) is 4.92. The van der Waals surface area contributed by atoms with Gasteiger partial charge in [0.25, 0.3) is 17.4 Å². The second-order valence-electron chi connectivity index (χ2n) is 6.83. The summed E-state index contributed by atoms with van der Waals surface area (Å²) in [7, 11) is 0. The average molecular weight is 376 g/mol. The number of amides is 2. The maximum atomic E-state index is 12.7. The molecule has 1 aliphatic rings. The Hall–Kier alpha value is -3.48. The van der Waals surface area contributed by atoms with Gasteiger partial charge in [0.1, 0.15) is 0 Å². The number of nitrogens with one attached hydrogen (secondary N) is 2. The Morgan fingerprint density at radius 3 is 2.50 bits per heavy atom. The number of nitrogens with zero attached hydrogens (tertiary/aromatic N) is 2. The highest BCUT2D eigenvalue weighted by Gasteiger charge is 2.19. The molecule has 7 nitrogen and oxygen atoms in total. The number of benzene rings is 2. The molecule has 2 heterocycles. The van der Waals surface area contributed by atoms with Crippen molar-refractivity contribution in [3.05, 3.63) is 70.1 Å². The van der Waals surface area contributed by atoms with Gasteiger partial charge in [0.2, 0.25) is 0 Å². The second kappa shape index (κ2) is 7.64. The Labute approximate surface area is 161 Å². The smallest absolute Gasteiger partial charge is 0.276 e. The molecule has 1 saturated heterocycles. The molecule has 28 heavy (non-hydrogen) atoms. The molecule has 0 bridgehead atoms. The predicted molar refractivity (Wildman–Crippen MR) is 107 cm³/mol. The van der Waals surface area contributed by atoms with E-state index in [1.165, 1.54) is 0 Å². The van der Waals surface area contributed by atoms with Crippen LogP contribution in [0.1, 0.15) is 40.1 Å². The third-order valence-corrected chi connectivity index (χ3v) is 4.92. The number of hydrogen-bond acceptors (Lipinski definition) is 4. The SMILES string of the molecule is O=C(Nc1cccc(C(=O)N2CCCCC2)c1)c1n[nH]c(=O)c2ccccc12. The number of hydrogen-bond donors (Lipinski definition) is 2. The van der Waals surface area contributed by atoms with Crippen LogP contribution in [-0.2, 0) is 0 Å². The van der Waals surface area contributed by atoms with Crippen LogP contribution < -0.4 is 10.9 Å². The maximum Gasteiger partial charge on any atom is 0.276 e. The molecule has 4 rings (SSSR count). The fourth-order valence-corrected chi connectivity index (χ4v) is 3.49. The highest BCUT2D eigenvalue weighted by atomic mass is 16.2. The molecule has 0 radical (unpaired) electrons. The molecule has 2 aromatic carbocycles. The average Bonchev–Trinajstić information content (AvgIpc) is 2.74. The van der Waals surface area contributed by atoms with E-state index in [0.717, 1.165) is 32.4 Å². The van der Waals surface area contributed by atoms with Crippen molar-refractivity contribution in [1.29, 1.82) is 0 Å². The number of piperidine rings is 1. The van der Waals surface area contributed by atoms with Crippen molar-refractivity contribution in [1.82, 2.24) is 15.1 Å². The monoisotopic (exact) mass is 376 g/mol. The van der Waals surface area contributed by atoms with E-state index in [9.17, 15) is 14.4 Å². The minimum Gasteiger partial charge on any atom is -0.339 e. The van der Waals surface area contributed by atoms with Gasteiger partial charge in [0, 0.05) is 29.7 Å². The van der Waals surface area contributed by atoms with Gasteiger partial charge in [0.15, 0.2) is 5.69 Å². The van der Waals surface area contributed by atoms with Gasteiger partial charge in [-0.2, -0.15) is 5.10 Å². The second-order valence-corrected chi connectivity index (χ2v) is 6.83. The van der Waals surface area contributed by atoms with Crippen LogP contribution in [0.5, 0.6) is 0 Å². The van der Waals surface area contributed by atoms with E-state index < -0.39 is 5.91 Å². The molecule has 0 atom stereocenters. The quantitative estimate of drug-likeness (QED) is 0.735. The molecule has 7 heteroatoms. The van der Waals surface area contributed by atoms with Crippen LogP contribution >= 0.6 is 0 Å². The van der Waals surface area contributed by atoms with Crippen molar-refractivity contribution in [2.45, 2.75) is 19.3 Å². The van der Waals surface area contributed by atoms with Gasteiger partial charge >= 0.3 is 0 Å². The molecule has 0 spiro atoms. The lowest BCUT2D eigenvalue weighted by molar-refractivity contribution is 0.0724. The normalized spacial score (nSPS) is 14.1. The molecule has 142 valence electrons. The zero-order chi connectivity index (χ0) is 19.5. The third kappa shape index (κ3) is 3.51. The van der Waals surface area contributed by atoms with Crippen LogP contribution in [0, 0.1) is 0 Å². The van der Waals surface area contributed by atoms with Crippen LogP contribution in [0.3, 0.4) is 0 Å². The van der Waals surface area contributed by atoms with Crippen LogP contribution in [0.15, 0.2) is 53.3 Å². The number of H-pyrrole nitrogens is 1. The Morgan fingerprint density at radius 1 is 0.964 bits per heavy atom. The summed E-state index contributed by atoms with van der Waals surface area (Å²) in [4.78, 5) is 39.2. The zero-order valence-electron chi connectivity index (χ0n) is 15.3. The number of carbonyl (C=O) groups excluding carboxylic acids is 2. The fourth-order valence-electron chi connectivity index (χ4n) is 3.49. The van der Waals surface area contributed by atoms with Gasteiger partial charge < -0.3 is 10.2 Å². The molecule has 0 saturated carbocycles. The summed E-state index contributed by atoms with van der Waals surface area (Å²) < 4.78 is 0. The fraction of sp³-hybridized carbons (Fsp3) is 0.238. The number of anilines is 1. The summed E-state index contributed by atoms with van der Waals surface area (Å²) in [6.45, 7) is 1.53. The minimum absolute atomic E-state index is 0.0246. The number of likely N-dealkylation sites (tertiary alicyclic amines) is 1. The summed E-state index contributed by atoms with van der Waals surface area (Å²) in [5, 5.41) is 9.91. The summed E-state index contributed by atoms with van der Waals surface area (Å²) >= 11 is 0. The largest absolute Gasteiger partial charge is 0.339 e. The van der Waals surface area contributed by atoms with Gasteiger partial charge in [0.05, 0.1) is 5.39 Å². The summed E-state index contributed by atoms with van der Waals surface area (Å²) in [5.41, 5.74) is 0.827. The summed E-state index contributed by atoms with van der Waals surface area (Å²) in [6, 6.07) is 13.7. The Morgan fingerprint density at radius 2 is 1.71 bits per heavy atom. The highest BCUT2D eigenvalue weighted by Crippen LogP contribution is 2.18. The van der Waals surface area contributed by atoms with Crippen molar-refractivity contribution in [2.24, 2.45) is 0 Å². The van der Waals surface area contributed by atoms with Gasteiger partial charge in [-0.25, -0.2) is 5.10 Å². The molecule has 3 aromatic rings. The van der Waals surface area contributed by atoms with E-state index in [1.807, 2.05) is 4.90 Å². The van der Waals surface area contributed by atoms with Crippen LogP contribution in [0.4, 0.5) is 5.69 Å². The molecule has 1 aliphatic heterocycles. The first-order chi connectivity index (χ1) is 13.6. The number of carbonyl (C=O) groups is 2. The number of fused-ring (bicyclic) bond motifs is 1. The number of aromatic amines is 1. The maximum absolute atomic E-state index is 12.7. The standard InChI is InChI=1S/C21H20N4O3/c26-19-17-10-3-2-9-16(17)18(23-24-19)20(27)22-15-8-6-7-14(13-15)21(28)25-11-4-1-5-12-25/h2-3,6-10,13H,1,4-5,11-12H2,(H,22,27)(H,24,26).